The Kier molecular flexibility index (Phi) is 7.75. The van der Waals surface area contributed by atoms with Crippen molar-refractivity contribution in [2.45, 2.75) is 13.8 Å². The first-order valence-electron chi connectivity index (χ1n) is 11.1. The summed E-state index contributed by atoms with van der Waals surface area (Å²) < 4.78 is 41.3. The fourth-order valence-electron chi connectivity index (χ4n) is 3.22. The Morgan fingerprint density at radius 1 is 1.03 bits per heavy atom. The maximum Gasteiger partial charge on any atom is 0.283 e. The van der Waals surface area contributed by atoms with Crippen LogP contribution >= 0.6 is 11.8 Å². The van der Waals surface area contributed by atoms with Gasteiger partial charge in [-0.05, 0) is 54.6 Å². The van der Waals surface area contributed by atoms with E-state index in [2.05, 4.69) is 10.1 Å². The predicted octanol–water partition coefficient (Wildman–Crippen LogP) is 3.55. The molecule has 0 saturated heterocycles. The van der Waals surface area contributed by atoms with Crippen LogP contribution in [0.1, 0.15) is 19.4 Å². The lowest BCUT2D eigenvalue weighted by Gasteiger charge is -2.20. The molecule has 0 bridgehead atoms. The van der Waals surface area contributed by atoms with E-state index in [-0.39, 0.29) is 26.7 Å². The number of amidine groups is 2. The van der Waals surface area contributed by atoms with Crippen LogP contribution in [0.2, 0.25) is 0 Å². The van der Waals surface area contributed by atoms with Gasteiger partial charge in [0.2, 0.25) is 19.4 Å². The summed E-state index contributed by atoms with van der Waals surface area (Å²) in [7, 11) is -3.59. The zero-order valence-corrected chi connectivity index (χ0v) is 21.3. The van der Waals surface area contributed by atoms with Crippen LogP contribution in [-0.2, 0) is 14.6 Å². The van der Waals surface area contributed by atoms with Crippen LogP contribution in [0.4, 0.5) is 0 Å². The lowest BCUT2D eigenvalue weighted by atomic mass is 10.1. The molecule has 1 amide bonds. The highest BCUT2D eigenvalue weighted by Gasteiger charge is 2.39. The average Bonchev–Trinajstić information content (AvgIpc) is 3.31. The molecule has 0 aromatic heterocycles. The highest BCUT2D eigenvalue weighted by molar-refractivity contribution is 8.42. The Balaban J connectivity index is 1.50. The van der Waals surface area contributed by atoms with E-state index < -0.39 is 15.7 Å². The van der Waals surface area contributed by atoms with Crippen molar-refractivity contribution in [2.24, 2.45) is 10.1 Å². The van der Waals surface area contributed by atoms with Crippen molar-refractivity contribution >= 4 is 49.0 Å². The molecule has 0 spiro atoms. The number of sulfone groups is 1. The second-order valence-corrected chi connectivity index (χ2v) is 10.8. The highest BCUT2D eigenvalue weighted by Crippen LogP contribution is 2.32. The van der Waals surface area contributed by atoms with Crippen molar-refractivity contribution in [1.29, 1.82) is 5.41 Å². The first-order chi connectivity index (χ1) is 17.3. The first kappa shape index (κ1) is 25.5. The van der Waals surface area contributed by atoms with Gasteiger partial charge in [0.15, 0.2) is 17.3 Å². The number of nitrogens with one attached hydrogen (secondary N) is 1. The van der Waals surface area contributed by atoms with Gasteiger partial charge in [-0.1, -0.05) is 31.2 Å². The lowest BCUT2D eigenvalue weighted by Crippen LogP contribution is -2.35. The van der Waals surface area contributed by atoms with Crippen LogP contribution in [0, 0.1) is 5.41 Å². The number of rotatable bonds is 9. The zero-order chi connectivity index (χ0) is 25.7. The first-order valence-corrected chi connectivity index (χ1v) is 13.6. The minimum atomic E-state index is -3.59. The third-order valence-electron chi connectivity index (χ3n) is 5.01. The van der Waals surface area contributed by atoms with Gasteiger partial charge in [-0.3, -0.25) is 10.2 Å². The van der Waals surface area contributed by atoms with Crippen molar-refractivity contribution in [3.63, 3.8) is 0 Å². The number of thioether (sulfide) groups is 1. The zero-order valence-electron chi connectivity index (χ0n) is 19.6. The van der Waals surface area contributed by atoms with Crippen molar-refractivity contribution < 1.29 is 27.4 Å². The van der Waals surface area contributed by atoms with Gasteiger partial charge in [0.05, 0.1) is 17.9 Å². The minimum Gasteiger partial charge on any atom is -0.490 e. The van der Waals surface area contributed by atoms with Gasteiger partial charge in [-0.25, -0.2) is 8.42 Å². The van der Waals surface area contributed by atoms with Crippen molar-refractivity contribution in [2.75, 3.05) is 25.6 Å². The van der Waals surface area contributed by atoms with E-state index >= 15 is 0 Å². The molecule has 2 heterocycles. The summed E-state index contributed by atoms with van der Waals surface area (Å²) in [5.41, 5.74) is 0.556. The van der Waals surface area contributed by atoms with Gasteiger partial charge in [0.1, 0.15) is 19.0 Å². The number of hydrogen-bond donors (Lipinski definition) is 1. The summed E-state index contributed by atoms with van der Waals surface area (Å²) in [4.78, 5) is 16.6. The van der Waals surface area contributed by atoms with Gasteiger partial charge in [-0.2, -0.15) is 10.0 Å². The minimum absolute atomic E-state index is 0.0226. The molecule has 2 aliphatic rings. The molecule has 0 radical (unpaired) electrons. The number of hydrazone groups is 1. The van der Waals surface area contributed by atoms with Crippen LogP contribution in [0.5, 0.6) is 17.2 Å². The fraction of sp³-hybridized carbons (Fsp3) is 0.250. The number of nitrogens with zero attached hydrogens (tertiary/aromatic N) is 3. The molecular weight excluding hydrogens is 504 g/mol. The maximum atomic E-state index is 12.6. The largest absolute Gasteiger partial charge is 0.490 e. The van der Waals surface area contributed by atoms with Gasteiger partial charge in [-0.15, -0.1) is 5.10 Å². The summed E-state index contributed by atoms with van der Waals surface area (Å²) in [5, 5.41) is 13.6. The summed E-state index contributed by atoms with van der Waals surface area (Å²) in [6, 6.07) is 14.5. The molecule has 10 nitrogen and oxygen atoms in total. The monoisotopic (exact) mass is 528 g/mol. The topological polar surface area (TPSA) is 131 Å². The second-order valence-electron chi connectivity index (χ2n) is 7.44. The molecule has 2 aliphatic heterocycles. The van der Waals surface area contributed by atoms with Crippen molar-refractivity contribution in [3.8, 4) is 17.2 Å². The Hall–Kier alpha value is -3.64. The number of carbonyl (C=O) groups is 1. The van der Waals surface area contributed by atoms with Crippen molar-refractivity contribution in [3.05, 3.63) is 59.7 Å². The molecule has 0 atom stereocenters. The Morgan fingerprint density at radius 3 is 2.50 bits per heavy atom. The van der Waals surface area contributed by atoms with E-state index in [9.17, 15) is 13.2 Å². The molecule has 0 saturated carbocycles. The van der Waals surface area contributed by atoms with Crippen LogP contribution in [0.3, 0.4) is 0 Å². The third-order valence-corrected chi connectivity index (χ3v) is 8.10. The fourth-order valence-corrected chi connectivity index (χ4v) is 5.38. The van der Waals surface area contributed by atoms with Crippen LogP contribution in [0.15, 0.2) is 64.2 Å². The molecule has 0 aliphatic carbocycles. The van der Waals surface area contributed by atoms with Crippen molar-refractivity contribution in [1.82, 2.24) is 5.01 Å². The Bertz CT molecular complexity index is 1370. The number of fused-ring (bicyclic) bond motifs is 1. The maximum absolute atomic E-state index is 12.6. The van der Waals surface area contributed by atoms with E-state index in [0.29, 0.717) is 36.9 Å². The molecule has 12 heteroatoms. The van der Waals surface area contributed by atoms with Crippen LogP contribution in [-0.4, -0.2) is 60.3 Å². The van der Waals surface area contributed by atoms with E-state index in [1.165, 1.54) is 13.0 Å². The number of amides is 1. The van der Waals surface area contributed by atoms with Gasteiger partial charge >= 0.3 is 0 Å². The molecule has 2 aromatic carbocycles. The normalized spacial score (nSPS) is 16.5. The highest BCUT2D eigenvalue weighted by atomic mass is 32.3. The second kappa shape index (κ2) is 11.0. The number of benzene rings is 2. The lowest BCUT2D eigenvalue weighted by molar-refractivity contribution is -0.114. The quantitative estimate of drug-likeness (QED) is 0.386. The van der Waals surface area contributed by atoms with E-state index in [1.54, 1.807) is 18.2 Å². The third kappa shape index (κ3) is 5.60. The number of para-hydroxylation sites is 1. The summed E-state index contributed by atoms with van der Waals surface area (Å²) in [6.45, 7) is 4.38. The number of carbonyl (C=O) groups excluding carboxylic acids is 1. The van der Waals surface area contributed by atoms with Crippen LogP contribution < -0.4 is 14.2 Å². The molecule has 4 rings (SSSR count). The number of hydrogen-bond acceptors (Lipinski definition) is 9. The summed E-state index contributed by atoms with van der Waals surface area (Å²) >= 11 is 0.763. The SMILES string of the molecule is CCOc1cc(/C=C2\C(=N)N3N=C(S(=O)(=O)CC)SC3=NC2=O)ccc1OCCOc1ccccc1. The number of ether oxygens (including phenoxy) is 3. The van der Waals surface area contributed by atoms with Gasteiger partial charge in [0, 0.05) is 0 Å². The Morgan fingerprint density at radius 2 is 1.78 bits per heavy atom. The van der Waals surface area contributed by atoms with Gasteiger partial charge < -0.3 is 14.2 Å². The average molecular weight is 529 g/mol. The summed E-state index contributed by atoms with van der Waals surface area (Å²) in [5.74, 6) is 0.679. The summed E-state index contributed by atoms with van der Waals surface area (Å²) in [6.07, 6.45) is 1.49. The molecule has 36 heavy (non-hydrogen) atoms. The Labute approximate surface area is 213 Å². The smallest absolute Gasteiger partial charge is 0.283 e. The standard InChI is InChI=1S/C24H24N4O6S2/c1-3-32-20-15-16(10-11-19(20)34-13-12-33-17-8-6-5-7-9-17)14-18-21(25)28-23(26-22(18)29)35-24(27-28)36(30,31)4-2/h5-11,14-15,25H,3-4,12-13H2,1-2H3/b18-14+,25-21?. The molecule has 0 unspecified atom stereocenters. The van der Waals surface area contributed by atoms with Gasteiger partial charge in [0.25, 0.3) is 5.91 Å². The van der Waals surface area contributed by atoms with E-state index in [4.69, 9.17) is 19.6 Å². The molecule has 188 valence electrons. The molecular formula is C24H24N4O6S2. The molecule has 1 N–H and O–H groups in total. The van der Waals surface area contributed by atoms with E-state index in [0.717, 1.165) is 22.5 Å². The van der Waals surface area contributed by atoms with E-state index in [1.807, 2.05) is 37.3 Å². The molecule has 2 aromatic rings. The van der Waals surface area contributed by atoms with Crippen LogP contribution in [0.25, 0.3) is 6.08 Å². The molecule has 0 fully saturated rings. The number of aliphatic imine (C=N–C) groups is 1. The predicted molar refractivity (Wildman–Crippen MR) is 140 cm³/mol.